The summed E-state index contributed by atoms with van der Waals surface area (Å²) in [5.41, 5.74) is 3.12. The number of carbonyl (C=O) groups excluding carboxylic acids is 1. The molecule has 0 atom stereocenters. The van der Waals surface area contributed by atoms with Crippen LogP contribution in [-0.4, -0.2) is 18.7 Å². The summed E-state index contributed by atoms with van der Waals surface area (Å²) in [4.78, 5) is 11.7. The number of hydrogen-bond acceptors (Lipinski definition) is 3. The zero-order valence-corrected chi connectivity index (χ0v) is 11.2. The van der Waals surface area contributed by atoms with Gasteiger partial charge in [-0.1, -0.05) is 0 Å². The van der Waals surface area contributed by atoms with Crippen molar-refractivity contribution >= 4 is 12.1 Å². The number of benzene rings is 2. The number of amides is 1. The largest absolute Gasteiger partial charge is 0.435 e. The van der Waals surface area contributed by atoms with Crippen LogP contribution in [0.4, 0.5) is 13.2 Å². The Hall–Kier alpha value is -2.83. The van der Waals surface area contributed by atoms with Crippen LogP contribution in [0.15, 0.2) is 53.6 Å². The van der Waals surface area contributed by atoms with Gasteiger partial charge in [0.2, 0.25) is 0 Å². The minimum atomic E-state index is -2.88. The molecule has 0 saturated carbocycles. The number of nitrogens with one attached hydrogen (secondary N) is 1. The second-order valence-corrected chi connectivity index (χ2v) is 4.15. The predicted molar refractivity (Wildman–Crippen MR) is 74.5 cm³/mol. The van der Waals surface area contributed by atoms with Crippen molar-refractivity contribution in [2.45, 2.75) is 6.61 Å². The Labute approximate surface area is 124 Å². The Morgan fingerprint density at radius 2 is 1.73 bits per heavy atom. The highest BCUT2D eigenvalue weighted by atomic mass is 19.3. The molecule has 0 aliphatic rings. The first-order valence-electron chi connectivity index (χ1n) is 6.18. The van der Waals surface area contributed by atoms with Crippen LogP contribution in [0, 0.1) is 5.82 Å². The van der Waals surface area contributed by atoms with Gasteiger partial charge in [-0.2, -0.15) is 13.9 Å². The smallest absolute Gasteiger partial charge is 0.387 e. The van der Waals surface area contributed by atoms with Crippen LogP contribution in [0.5, 0.6) is 5.75 Å². The van der Waals surface area contributed by atoms with E-state index in [9.17, 15) is 18.0 Å². The highest BCUT2D eigenvalue weighted by Crippen LogP contribution is 2.13. The van der Waals surface area contributed by atoms with E-state index in [1.165, 1.54) is 54.7 Å². The zero-order chi connectivity index (χ0) is 15.9. The molecule has 0 fully saturated rings. The Kier molecular flexibility index (Phi) is 5.13. The van der Waals surface area contributed by atoms with E-state index in [-0.39, 0.29) is 11.3 Å². The third kappa shape index (κ3) is 4.62. The lowest BCUT2D eigenvalue weighted by Gasteiger charge is -2.03. The molecule has 0 spiro atoms. The Bertz CT molecular complexity index is 655. The molecule has 0 aliphatic heterocycles. The molecule has 1 N–H and O–H groups in total. The van der Waals surface area contributed by atoms with Crippen molar-refractivity contribution in [2.24, 2.45) is 5.10 Å². The van der Waals surface area contributed by atoms with E-state index in [2.05, 4.69) is 15.3 Å². The summed E-state index contributed by atoms with van der Waals surface area (Å²) >= 11 is 0. The zero-order valence-electron chi connectivity index (χ0n) is 11.2. The van der Waals surface area contributed by atoms with Gasteiger partial charge in [-0.15, -0.1) is 0 Å². The highest BCUT2D eigenvalue weighted by molar-refractivity contribution is 5.94. The molecule has 0 aromatic heterocycles. The molecule has 2 aromatic carbocycles. The molecule has 22 heavy (non-hydrogen) atoms. The Morgan fingerprint density at radius 1 is 1.09 bits per heavy atom. The van der Waals surface area contributed by atoms with Crippen LogP contribution in [0.1, 0.15) is 15.9 Å². The maximum absolute atomic E-state index is 12.7. The minimum Gasteiger partial charge on any atom is -0.435 e. The maximum Gasteiger partial charge on any atom is 0.387 e. The fraction of sp³-hybridized carbons (Fsp3) is 0.0667. The van der Waals surface area contributed by atoms with E-state index in [1.807, 2.05) is 0 Å². The number of nitrogens with zero attached hydrogens (tertiary/aromatic N) is 1. The summed E-state index contributed by atoms with van der Waals surface area (Å²) in [6, 6.07) is 10.7. The van der Waals surface area contributed by atoms with Gasteiger partial charge < -0.3 is 4.74 Å². The van der Waals surface area contributed by atoms with E-state index in [1.54, 1.807) is 0 Å². The lowest BCUT2D eigenvalue weighted by molar-refractivity contribution is -0.0498. The van der Waals surface area contributed by atoms with Crippen molar-refractivity contribution in [3.05, 3.63) is 65.5 Å². The topological polar surface area (TPSA) is 50.7 Å². The SMILES string of the molecule is O=C(NN=Cc1ccc(OC(F)F)cc1)c1ccc(F)cc1. The van der Waals surface area contributed by atoms with Gasteiger partial charge in [0.25, 0.3) is 5.91 Å². The summed E-state index contributed by atoms with van der Waals surface area (Å²) < 4.78 is 40.9. The lowest BCUT2D eigenvalue weighted by Crippen LogP contribution is -2.17. The standard InChI is InChI=1S/C15H11F3N2O2/c16-12-5-3-11(4-6-12)14(21)20-19-9-10-1-7-13(8-2-10)22-15(17)18/h1-9,15H,(H,20,21). The first-order chi connectivity index (χ1) is 10.5. The van der Waals surface area contributed by atoms with Gasteiger partial charge in [0, 0.05) is 5.56 Å². The van der Waals surface area contributed by atoms with Crippen molar-refractivity contribution in [2.75, 3.05) is 0 Å². The normalized spacial score (nSPS) is 10.9. The molecule has 2 rings (SSSR count). The van der Waals surface area contributed by atoms with Gasteiger partial charge in [-0.3, -0.25) is 4.79 Å². The molecule has 0 bridgehead atoms. The first-order valence-corrected chi connectivity index (χ1v) is 6.18. The van der Waals surface area contributed by atoms with Crippen LogP contribution in [-0.2, 0) is 0 Å². The molecule has 1 amide bonds. The second-order valence-electron chi connectivity index (χ2n) is 4.15. The van der Waals surface area contributed by atoms with Crippen LogP contribution in [0.25, 0.3) is 0 Å². The number of rotatable bonds is 5. The van der Waals surface area contributed by atoms with Crippen LogP contribution in [0.2, 0.25) is 0 Å². The molecule has 0 heterocycles. The van der Waals surface area contributed by atoms with Crippen molar-refractivity contribution in [3.63, 3.8) is 0 Å². The minimum absolute atomic E-state index is 0.0301. The average Bonchev–Trinajstić information content (AvgIpc) is 2.49. The van der Waals surface area contributed by atoms with Crippen molar-refractivity contribution < 1.29 is 22.7 Å². The fourth-order valence-electron chi connectivity index (χ4n) is 1.57. The summed E-state index contributed by atoms with van der Waals surface area (Å²) in [5, 5.41) is 3.72. The molecule has 4 nitrogen and oxygen atoms in total. The molecule has 0 aliphatic carbocycles. The van der Waals surface area contributed by atoms with E-state index in [0.29, 0.717) is 5.56 Å². The molecule has 114 valence electrons. The molecule has 2 aromatic rings. The molecular formula is C15H11F3N2O2. The lowest BCUT2D eigenvalue weighted by atomic mass is 10.2. The quantitative estimate of drug-likeness (QED) is 0.681. The van der Waals surface area contributed by atoms with Gasteiger partial charge in [0.05, 0.1) is 6.21 Å². The molecule has 0 saturated heterocycles. The predicted octanol–water partition coefficient (Wildman–Crippen LogP) is 3.19. The van der Waals surface area contributed by atoms with Crippen LogP contribution >= 0.6 is 0 Å². The molecule has 0 unspecified atom stereocenters. The van der Waals surface area contributed by atoms with Crippen LogP contribution < -0.4 is 10.2 Å². The first kappa shape index (κ1) is 15.6. The third-order valence-electron chi connectivity index (χ3n) is 2.59. The van der Waals surface area contributed by atoms with Gasteiger partial charge in [-0.05, 0) is 54.1 Å². The third-order valence-corrected chi connectivity index (χ3v) is 2.59. The average molecular weight is 308 g/mol. The Balaban J connectivity index is 1.91. The molecule has 7 heteroatoms. The summed E-state index contributed by atoms with van der Waals surface area (Å²) in [5.74, 6) is -0.900. The van der Waals surface area contributed by atoms with Gasteiger partial charge in [0.1, 0.15) is 11.6 Å². The van der Waals surface area contributed by atoms with Crippen molar-refractivity contribution in [1.82, 2.24) is 5.43 Å². The monoisotopic (exact) mass is 308 g/mol. The number of alkyl halides is 2. The van der Waals surface area contributed by atoms with E-state index >= 15 is 0 Å². The number of halogens is 3. The fourth-order valence-corrected chi connectivity index (χ4v) is 1.57. The van der Waals surface area contributed by atoms with Gasteiger partial charge in [-0.25, -0.2) is 9.82 Å². The number of carbonyl (C=O) groups is 1. The summed E-state index contributed by atoms with van der Waals surface area (Å²) in [7, 11) is 0. The van der Waals surface area contributed by atoms with Crippen molar-refractivity contribution in [1.29, 1.82) is 0 Å². The summed E-state index contributed by atoms with van der Waals surface area (Å²) in [6.45, 7) is -2.88. The van der Waals surface area contributed by atoms with Crippen LogP contribution in [0.3, 0.4) is 0 Å². The maximum atomic E-state index is 12.7. The van der Waals surface area contributed by atoms with Crippen molar-refractivity contribution in [3.8, 4) is 5.75 Å². The Morgan fingerprint density at radius 3 is 2.32 bits per heavy atom. The van der Waals surface area contributed by atoms with E-state index < -0.39 is 18.3 Å². The number of ether oxygens (including phenoxy) is 1. The molecular weight excluding hydrogens is 297 g/mol. The molecule has 0 radical (unpaired) electrons. The van der Waals surface area contributed by atoms with Gasteiger partial charge in [0.15, 0.2) is 0 Å². The van der Waals surface area contributed by atoms with E-state index in [0.717, 1.165) is 0 Å². The summed E-state index contributed by atoms with van der Waals surface area (Å²) in [6.07, 6.45) is 1.34. The van der Waals surface area contributed by atoms with E-state index in [4.69, 9.17) is 0 Å². The highest BCUT2D eigenvalue weighted by Gasteiger charge is 2.04. The van der Waals surface area contributed by atoms with Gasteiger partial charge >= 0.3 is 6.61 Å². The number of hydrogen-bond donors (Lipinski definition) is 1. The number of hydrazone groups is 1. The second kappa shape index (κ2) is 7.26.